The van der Waals surface area contributed by atoms with Crippen molar-refractivity contribution in [2.45, 2.75) is 37.7 Å². The van der Waals surface area contributed by atoms with Gasteiger partial charge in [-0.25, -0.2) is 9.97 Å². The lowest BCUT2D eigenvalue weighted by Gasteiger charge is -2.25. The predicted octanol–water partition coefficient (Wildman–Crippen LogP) is 2.91. The van der Waals surface area contributed by atoms with Crippen molar-refractivity contribution in [1.29, 1.82) is 0 Å². The molecule has 1 amide bonds. The number of rotatable bonds is 5. The highest BCUT2D eigenvalue weighted by Gasteiger charge is 2.31. The monoisotopic (exact) mass is 325 g/mol. The van der Waals surface area contributed by atoms with Crippen molar-refractivity contribution in [2.75, 3.05) is 13.6 Å². The number of aromatic nitrogens is 2. The van der Waals surface area contributed by atoms with Crippen molar-refractivity contribution in [3.05, 3.63) is 48.3 Å². The normalized spacial score (nSPS) is 16.1. The highest BCUT2D eigenvalue weighted by atomic mass is 16.3. The molecule has 1 aromatic heterocycles. The maximum atomic E-state index is 12.5. The molecule has 1 N–H and O–H groups in total. The van der Waals surface area contributed by atoms with Crippen LogP contribution in [0.1, 0.15) is 42.5 Å². The molecule has 1 aliphatic carbocycles. The van der Waals surface area contributed by atoms with Crippen LogP contribution in [0.4, 0.5) is 0 Å². The van der Waals surface area contributed by atoms with Crippen molar-refractivity contribution >= 4 is 5.91 Å². The molecule has 1 fully saturated rings. The van der Waals surface area contributed by atoms with Crippen LogP contribution in [0.15, 0.2) is 42.7 Å². The van der Waals surface area contributed by atoms with Crippen molar-refractivity contribution in [3.63, 3.8) is 0 Å². The Kier molecular flexibility index (Phi) is 4.90. The summed E-state index contributed by atoms with van der Waals surface area (Å²) >= 11 is 0. The van der Waals surface area contributed by atoms with Crippen molar-refractivity contribution in [1.82, 2.24) is 14.9 Å². The van der Waals surface area contributed by atoms with E-state index in [9.17, 15) is 9.90 Å². The van der Waals surface area contributed by atoms with E-state index < -0.39 is 5.60 Å². The number of carbonyl (C=O) groups excluding carboxylic acids is 1. The Labute approximate surface area is 142 Å². The number of benzene rings is 1. The van der Waals surface area contributed by atoms with Crippen molar-refractivity contribution < 1.29 is 9.90 Å². The lowest BCUT2D eigenvalue weighted by atomic mass is 9.98. The molecule has 0 spiro atoms. The van der Waals surface area contributed by atoms with E-state index >= 15 is 0 Å². The zero-order chi connectivity index (χ0) is 17.0. The molecule has 0 bridgehead atoms. The molecule has 1 heterocycles. The van der Waals surface area contributed by atoms with Gasteiger partial charge in [0.05, 0.1) is 5.60 Å². The smallest absolute Gasteiger partial charge is 0.253 e. The first-order chi connectivity index (χ1) is 11.6. The van der Waals surface area contributed by atoms with Gasteiger partial charge in [-0.3, -0.25) is 4.79 Å². The molecular weight excluding hydrogens is 302 g/mol. The van der Waals surface area contributed by atoms with Gasteiger partial charge in [-0.1, -0.05) is 25.0 Å². The Morgan fingerprint density at radius 2 is 1.79 bits per heavy atom. The van der Waals surface area contributed by atoms with Crippen LogP contribution in [-0.2, 0) is 0 Å². The van der Waals surface area contributed by atoms with Crippen LogP contribution in [0, 0.1) is 0 Å². The first-order valence-electron chi connectivity index (χ1n) is 8.43. The van der Waals surface area contributed by atoms with E-state index in [-0.39, 0.29) is 5.91 Å². The summed E-state index contributed by atoms with van der Waals surface area (Å²) < 4.78 is 0. The molecule has 1 aromatic carbocycles. The van der Waals surface area contributed by atoms with Crippen molar-refractivity contribution in [3.8, 4) is 11.4 Å². The number of amides is 1. The second kappa shape index (κ2) is 7.09. The maximum absolute atomic E-state index is 12.5. The lowest BCUT2D eigenvalue weighted by Crippen LogP contribution is -2.34. The third kappa shape index (κ3) is 3.79. The van der Waals surface area contributed by atoms with Crippen LogP contribution in [0.3, 0.4) is 0 Å². The molecule has 126 valence electrons. The Hall–Kier alpha value is -2.27. The van der Waals surface area contributed by atoms with Crippen LogP contribution in [-0.4, -0.2) is 45.1 Å². The quantitative estimate of drug-likeness (QED) is 0.918. The molecule has 1 aliphatic rings. The van der Waals surface area contributed by atoms with Crippen LogP contribution >= 0.6 is 0 Å². The first kappa shape index (κ1) is 16.6. The molecule has 3 rings (SSSR count). The van der Waals surface area contributed by atoms with Gasteiger partial charge in [0.25, 0.3) is 5.91 Å². The van der Waals surface area contributed by atoms with Gasteiger partial charge >= 0.3 is 0 Å². The van der Waals surface area contributed by atoms with Crippen LogP contribution in [0.5, 0.6) is 0 Å². The average Bonchev–Trinajstić information content (AvgIpc) is 3.07. The summed E-state index contributed by atoms with van der Waals surface area (Å²) in [5.41, 5.74) is 0.939. The fourth-order valence-electron chi connectivity index (χ4n) is 3.19. The van der Waals surface area contributed by atoms with Crippen LogP contribution in [0.2, 0.25) is 0 Å². The van der Waals surface area contributed by atoms with E-state index in [1.165, 1.54) is 0 Å². The summed E-state index contributed by atoms with van der Waals surface area (Å²) in [6.07, 6.45) is 7.90. The van der Waals surface area contributed by atoms with Gasteiger partial charge in [-0.2, -0.15) is 0 Å². The summed E-state index contributed by atoms with van der Waals surface area (Å²) in [6.45, 7) is 0.568. The Morgan fingerprint density at radius 3 is 2.42 bits per heavy atom. The van der Waals surface area contributed by atoms with Crippen LogP contribution < -0.4 is 0 Å². The van der Waals surface area contributed by atoms with Gasteiger partial charge in [0.15, 0.2) is 5.82 Å². The Balaban J connectivity index is 1.62. The maximum Gasteiger partial charge on any atom is 0.253 e. The fourth-order valence-corrected chi connectivity index (χ4v) is 3.19. The van der Waals surface area contributed by atoms with Gasteiger partial charge in [0.1, 0.15) is 0 Å². The summed E-state index contributed by atoms with van der Waals surface area (Å²) in [5, 5.41) is 10.4. The second-order valence-corrected chi connectivity index (χ2v) is 6.56. The van der Waals surface area contributed by atoms with E-state index in [0.717, 1.165) is 31.2 Å². The Bertz CT molecular complexity index is 680. The van der Waals surface area contributed by atoms with Gasteiger partial charge in [0.2, 0.25) is 0 Å². The fraction of sp³-hybridized carbons (Fsp3) is 0.421. The molecular formula is C19H23N3O2. The van der Waals surface area contributed by atoms with E-state index in [2.05, 4.69) is 9.97 Å². The lowest BCUT2D eigenvalue weighted by molar-refractivity contribution is 0.0296. The molecule has 5 heteroatoms. The highest BCUT2D eigenvalue weighted by Crippen LogP contribution is 2.32. The number of nitrogens with zero attached hydrogens (tertiary/aromatic N) is 3. The first-order valence-corrected chi connectivity index (χ1v) is 8.43. The molecule has 0 unspecified atom stereocenters. The summed E-state index contributed by atoms with van der Waals surface area (Å²) in [7, 11) is 1.79. The van der Waals surface area contributed by atoms with Crippen molar-refractivity contribution in [2.24, 2.45) is 0 Å². The number of carbonyl (C=O) groups is 1. The SMILES string of the molecule is CN(CCC1(O)CCCC1)C(=O)c1ccc(-c2ncccn2)cc1. The molecule has 0 atom stereocenters. The second-order valence-electron chi connectivity index (χ2n) is 6.56. The topological polar surface area (TPSA) is 66.3 Å². The molecule has 0 saturated heterocycles. The van der Waals surface area contributed by atoms with Gasteiger partial charge in [-0.05, 0) is 37.5 Å². The van der Waals surface area contributed by atoms with E-state index in [1.807, 2.05) is 12.1 Å². The van der Waals surface area contributed by atoms with Gasteiger partial charge < -0.3 is 10.0 Å². The summed E-state index contributed by atoms with van der Waals surface area (Å²) in [6, 6.07) is 9.10. The van der Waals surface area contributed by atoms with E-state index in [1.54, 1.807) is 42.5 Å². The summed E-state index contributed by atoms with van der Waals surface area (Å²) in [5.74, 6) is 0.616. The zero-order valence-electron chi connectivity index (χ0n) is 14.0. The van der Waals surface area contributed by atoms with Gasteiger partial charge in [0, 0.05) is 37.1 Å². The average molecular weight is 325 g/mol. The molecule has 2 aromatic rings. The molecule has 5 nitrogen and oxygen atoms in total. The largest absolute Gasteiger partial charge is 0.390 e. The zero-order valence-corrected chi connectivity index (χ0v) is 14.0. The minimum atomic E-state index is -0.580. The Morgan fingerprint density at radius 1 is 1.17 bits per heavy atom. The summed E-state index contributed by atoms with van der Waals surface area (Å²) in [4.78, 5) is 22.6. The third-order valence-electron chi connectivity index (χ3n) is 4.75. The number of hydrogen-bond donors (Lipinski definition) is 1. The minimum Gasteiger partial charge on any atom is -0.390 e. The van der Waals surface area contributed by atoms with Crippen LogP contribution in [0.25, 0.3) is 11.4 Å². The number of aliphatic hydroxyl groups is 1. The minimum absolute atomic E-state index is 0.0304. The third-order valence-corrected chi connectivity index (χ3v) is 4.75. The van der Waals surface area contributed by atoms with E-state index in [0.29, 0.717) is 24.4 Å². The van der Waals surface area contributed by atoms with Gasteiger partial charge in [-0.15, -0.1) is 0 Å². The molecule has 1 saturated carbocycles. The number of hydrogen-bond acceptors (Lipinski definition) is 4. The standard InChI is InChI=1S/C19H23N3O2/c1-22(14-11-19(24)9-2-3-10-19)18(23)16-7-5-15(6-8-16)17-20-12-4-13-21-17/h4-8,12-13,24H,2-3,9-11,14H2,1H3. The molecule has 0 aliphatic heterocycles. The van der Waals surface area contributed by atoms with E-state index in [4.69, 9.17) is 0 Å². The highest BCUT2D eigenvalue weighted by molar-refractivity contribution is 5.94. The molecule has 0 radical (unpaired) electrons. The predicted molar refractivity (Wildman–Crippen MR) is 92.5 cm³/mol. The molecule has 24 heavy (non-hydrogen) atoms.